The zero-order valence-corrected chi connectivity index (χ0v) is 17.4. The normalized spacial score (nSPS) is 16.7. The number of aromatic nitrogens is 2. The summed E-state index contributed by atoms with van der Waals surface area (Å²) in [6.45, 7) is 3.82. The first-order valence-corrected chi connectivity index (χ1v) is 10.9. The van der Waals surface area contributed by atoms with Crippen LogP contribution in [0.3, 0.4) is 0 Å². The largest absolute Gasteiger partial charge is 0.354 e. The molecule has 0 spiro atoms. The van der Waals surface area contributed by atoms with Gasteiger partial charge >= 0.3 is 0 Å². The molecule has 1 aliphatic heterocycles. The van der Waals surface area contributed by atoms with Crippen molar-refractivity contribution in [3.63, 3.8) is 0 Å². The van der Waals surface area contributed by atoms with Gasteiger partial charge in [0.05, 0.1) is 0 Å². The first kappa shape index (κ1) is 20.1. The number of benzene rings is 1. The third kappa shape index (κ3) is 5.66. The molecule has 146 valence electrons. The van der Waals surface area contributed by atoms with E-state index in [4.69, 9.17) is 11.6 Å². The lowest BCUT2D eigenvalue weighted by atomic mass is 10.1. The summed E-state index contributed by atoms with van der Waals surface area (Å²) in [6, 6.07) is 7.63. The van der Waals surface area contributed by atoms with E-state index in [1.807, 2.05) is 24.3 Å². The quantitative estimate of drug-likeness (QED) is 0.625. The van der Waals surface area contributed by atoms with E-state index >= 15 is 0 Å². The lowest BCUT2D eigenvalue weighted by Gasteiger charge is -2.22. The van der Waals surface area contributed by atoms with Crippen LogP contribution in [0.1, 0.15) is 56.8 Å². The number of carbonyl (C=O) groups excluding carboxylic acids is 1. The van der Waals surface area contributed by atoms with E-state index in [1.165, 1.54) is 30.8 Å². The van der Waals surface area contributed by atoms with E-state index in [2.05, 4.69) is 26.5 Å². The molecule has 1 aliphatic rings. The van der Waals surface area contributed by atoms with Crippen molar-refractivity contribution in [3.8, 4) is 0 Å². The van der Waals surface area contributed by atoms with Gasteiger partial charge in [-0.15, -0.1) is 0 Å². The second-order valence-electron chi connectivity index (χ2n) is 7.00. The highest BCUT2D eigenvalue weighted by atomic mass is 35.5. The van der Waals surface area contributed by atoms with Crippen LogP contribution in [0.4, 0.5) is 5.13 Å². The van der Waals surface area contributed by atoms with E-state index in [0.717, 1.165) is 53.9 Å². The number of anilines is 1. The molecule has 0 saturated carbocycles. The number of hydrogen-bond donors (Lipinski definition) is 1. The van der Waals surface area contributed by atoms with E-state index in [0.29, 0.717) is 6.42 Å². The SMILES string of the molecule is CCCCCCNC(=O)C1CCCN1c1nc(Cc2ccc(Cl)cc2)ns1. The Hall–Kier alpha value is -1.66. The van der Waals surface area contributed by atoms with Gasteiger partial charge in [-0.05, 0) is 37.0 Å². The first-order chi connectivity index (χ1) is 13.2. The maximum absolute atomic E-state index is 12.6. The van der Waals surface area contributed by atoms with E-state index in [-0.39, 0.29) is 11.9 Å². The summed E-state index contributed by atoms with van der Waals surface area (Å²) in [4.78, 5) is 19.4. The molecule has 1 unspecified atom stereocenters. The lowest BCUT2D eigenvalue weighted by molar-refractivity contribution is -0.122. The average Bonchev–Trinajstić information content (AvgIpc) is 3.32. The van der Waals surface area contributed by atoms with Gasteiger partial charge in [0.1, 0.15) is 11.9 Å². The summed E-state index contributed by atoms with van der Waals surface area (Å²) < 4.78 is 4.49. The molecule has 7 heteroatoms. The molecule has 3 rings (SSSR count). The molecule has 1 fully saturated rings. The monoisotopic (exact) mass is 406 g/mol. The van der Waals surface area contributed by atoms with Crippen LogP contribution in [0.5, 0.6) is 0 Å². The third-order valence-corrected chi connectivity index (χ3v) is 5.91. The molecule has 0 bridgehead atoms. The van der Waals surface area contributed by atoms with Gasteiger partial charge in [-0.25, -0.2) is 4.98 Å². The van der Waals surface area contributed by atoms with Crippen molar-refractivity contribution in [2.45, 2.75) is 57.9 Å². The second kappa shape index (κ2) is 10.0. The smallest absolute Gasteiger partial charge is 0.242 e. The molecule has 2 heterocycles. The van der Waals surface area contributed by atoms with Gasteiger partial charge in [-0.3, -0.25) is 4.79 Å². The summed E-state index contributed by atoms with van der Waals surface area (Å²) in [5, 5.41) is 4.68. The van der Waals surface area contributed by atoms with Gasteiger partial charge in [-0.2, -0.15) is 4.37 Å². The topological polar surface area (TPSA) is 58.1 Å². The minimum Gasteiger partial charge on any atom is -0.354 e. The molecule has 1 amide bonds. The molecule has 1 N–H and O–H groups in total. The Labute approximate surface area is 170 Å². The molecule has 1 saturated heterocycles. The fourth-order valence-electron chi connectivity index (χ4n) is 3.37. The van der Waals surface area contributed by atoms with Crippen LogP contribution in [-0.4, -0.2) is 34.4 Å². The van der Waals surface area contributed by atoms with Crippen LogP contribution >= 0.6 is 23.1 Å². The molecule has 5 nitrogen and oxygen atoms in total. The predicted octanol–water partition coefficient (Wildman–Crippen LogP) is 4.45. The van der Waals surface area contributed by atoms with Crippen molar-refractivity contribution in [2.75, 3.05) is 18.0 Å². The van der Waals surface area contributed by atoms with Crippen molar-refractivity contribution in [3.05, 3.63) is 40.7 Å². The highest BCUT2D eigenvalue weighted by molar-refractivity contribution is 7.09. The van der Waals surface area contributed by atoms with E-state index in [1.54, 1.807) is 0 Å². The number of hydrogen-bond acceptors (Lipinski definition) is 5. The van der Waals surface area contributed by atoms with Crippen LogP contribution in [0.15, 0.2) is 24.3 Å². The third-order valence-electron chi connectivity index (χ3n) is 4.86. The number of nitrogens with zero attached hydrogens (tertiary/aromatic N) is 3. The molecule has 27 heavy (non-hydrogen) atoms. The maximum atomic E-state index is 12.6. The highest BCUT2D eigenvalue weighted by Gasteiger charge is 2.32. The molecule has 1 aromatic heterocycles. The summed E-state index contributed by atoms with van der Waals surface area (Å²) >= 11 is 7.32. The zero-order valence-electron chi connectivity index (χ0n) is 15.8. The number of halogens is 1. The van der Waals surface area contributed by atoms with Crippen molar-refractivity contribution < 1.29 is 4.79 Å². The van der Waals surface area contributed by atoms with Crippen LogP contribution in [0.25, 0.3) is 0 Å². The fourth-order valence-corrected chi connectivity index (χ4v) is 4.26. The molecule has 2 aromatic rings. The summed E-state index contributed by atoms with van der Waals surface area (Å²) in [6.07, 6.45) is 7.24. The molecule has 0 radical (unpaired) electrons. The van der Waals surface area contributed by atoms with Crippen molar-refractivity contribution >= 4 is 34.2 Å². The summed E-state index contributed by atoms with van der Waals surface area (Å²) in [5.74, 6) is 0.918. The van der Waals surface area contributed by atoms with Crippen LogP contribution in [-0.2, 0) is 11.2 Å². The highest BCUT2D eigenvalue weighted by Crippen LogP contribution is 2.28. The predicted molar refractivity (Wildman–Crippen MR) is 112 cm³/mol. The van der Waals surface area contributed by atoms with Crippen LogP contribution in [0.2, 0.25) is 5.02 Å². The molecule has 1 atom stereocenters. The standard InChI is InChI=1S/C20H27ClN4OS/c1-2-3-4-5-12-22-19(26)17-7-6-13-25(17)20-23-18(24-27-20)14-15-8-10-16(21)11-9-15/h8-11,17H,2-7,12-14H2,1H3,(H,22,26). The second-order valence-corrected chi connectivity index (χ2v) is 8.17. The van der Waals surface area contributed by atoms with Gasteiger partial charge < -0.3 is 10.2 Å². The molecular weight excluding hydrogens is 380 g/mol. The number of nitrogens with one attached hydrogen (secondary N) is 1. The molecular formula is C20H27ClN4OS. The Balaban J connectivity index is 1.56. The summed E-state index contributed by atoms with van der Waals surface area (Å²) in [5.41, 5.74) is 1.13. The maximum Gasteiger partial charge on any atom is 0.242 e. The van der Waals surface area contributed by atoms with Gasteiger partial charge in [0.25, 0.3) is 0 Å². The van der Waals surface area contributed by atoms with Crippen LogP contribution in [0, 0.1) is 0 Å². The van der Waals surface area contributed by atoms with Crippen molar-refractivity contribution in [1.82, 2.24) is 14.7 Å². The number of carbonyl (C=O) groups is 1. The van der Waals surface area contributed by atoms with E-state index < -0.39 is 0 Å². The van der Waals surface area contributed by atoms with Crippen LogP contribution < -0.4 is 10.2 Å². The number of rotatable bonds is 9. The minimum absolute atomic E-state index is 0.118. The Bertz CT molecular complexity index is 734. The first-order valence-electron chi connectivity index (χ1n) is 9.78. The zero-order chi connectivity index (χ0) is 19.1. The van der Waals surface area contributed by atoms with E-state index in [9.17, 15) is 4.79 Å². The minimum atomic E-state index is -0.118. The Morgan fingerprint density at radius 1 is 1.30 bits per heavy atom. The Morgan fingerprint density at radius 2 is 2.11 bits per heavy atom. The molecule has 0 aliphatic carbocycles. The number of amides is 1. The average molecular weight is 407 g/mol. The Kier molecular flexibility index (Phi) is 7.47. The van der Waals surface area contributed by atoms with Gasteiger partial charge in [0.2, 0.25) is 11.0 Å². The van der Waals surface area contributed by atoms with Crippen molar-refractivity contribution in [2.24, 2.45) is 0 Å². The van der Waals surface area contributed by atoms with Gasteiger partial charge in [0, 0.05) is 36.1 Å². The Morgan fingerprint density at radius 3 is 2.89 bits per heavy atom. The summed E-state index contributed by atoms with van der Waals surface area (Å²) in [7, 11) is 0. The lowest BCUT2D eigenvalue weighted by Crippen LogP contribution is -2.43. The van der Waals surface area contributed by atoms with Gasteiger partial charge in [-0.1, -0.05) is 49.9 Å². The number of unbranched alkanes of at least 4 members (excludes halogenated alkanes) is 3. The van der Waals surface area contributed by atoms with Crippen molar-refractivity contribution in [1.29, 1.82) is 0 Å². The molecule has 1 aromatic carbocycles. The van der Waals surface area contributed by atoms with Gasteiger partial charge in [0.15, 0.2) is 0 Å². The fraction of sp³-hybridized carbons (Fsp3) is 0.550.